The fourth-order valence-electron chi connectivity index (χ4n) is 3.65. The fraction of sp³-hybridized carbons (Fsp3) is 0.409. The average molecular weight is 382 g/mol. The number of ether oxygens (including phenoxy) is 1. The maximum atomic E-state index is 12.6. The van der Waals surface area contributed by atoms with Gasteiger partial charge in [0, 0.05) is 35.6 Å². The molecule has 0 unspecified atom stereocenters. The largest absolute Gasteiger partial charge is 0.456 e. The van der Waals surface area contributed by atoms with Crippen LogP contribution in [0.4, 0.5) is 0 Å². The van der Waals surface area contributed by atoms with E-state index in [1.165, 1.54) is 4.90 Å². The van der Waals surface area contributed by atoms with Gasteiger partial charge in [-0.15, -0.1) is 0 Å². The molecule has 0 saturated carbocycles. The number of nitrogens with zero attached hydrogens (tertiary/aromatic N) is 2. The third kappa shape index (κ3) is 4.50. The molecule has 1 aliphatic heterocycles. The lowest BCUT2D eigenvalue weighted by Crippen LogP contribution is -2.36. The van der Waals surface area contributed by atoms with Crippen LogP contribution in [0.3, 0.4) is 0 Å². The highest BCUT2D eigenvalue weighted by atomic mass is 16.5. The predicted octanol–water partition coefficient (Wildman–Crippen LogP) is 3.22. The summed E-state index contributed by atoms with van der Waals surface area (Å²) in [4.78, 5) is 38.2. The molecule has 0 aliphatic carbocycles. The Labute approximate surface area is 165 Å². The zero-order valence-electron chi connectivity index (χ0n) is 16.4. The zero-order valence-corrected chi connectivity index (χ0v) is 16.4. The highest BCUT2D eigenvalue weighted by Gasteiger charge is 2.22. The number of rotatable bonds is 6. The van der Waals surface area contributed by atoms with Gasteiger partial charge in [-0.05, 0) is 44.9 Å². The minimum atomic E-state index is -0.541. The molecule has 6 heteroatoms. The van der Waals surface area contributed by atoms with E-state index < -0.39 is 5.97 Å². The molecule has 1 aromatic carbocycles. The molecule has 0 N–H and O–H groups in total. The van der Waals surface area contributed by atoms with Crippen molar-refractivity contribution in [2.45, 2.75) is 39.5 Å². The summed E-state index contributed by atoms with van der Waals surface area (Å²) in [5.41, 5.74) is 3.27. The predicted molar refractivity (Wildman–Crippen MR) is 106 cm³/mol. The van der Waals surface area contributed by atoms with E-state index in [9.17, 15) is 14.4 Å². The van der Waals surface area contributed by atoms with Crippen molar-refractivity contribution in [1.82, 2.24) is 9.47 Å². The Hall–Kier alpha value is -2.89. The number of aromatic nitrogens is 1. The van der Waals surface area contributed by atoms with Gasteiger partial charge >= 0.3 is 5.97 Å². The van der Waals surface area contributed by atoms with Gasteiger partial charge < -0.3 is 14.2 Å². The van der Waals surface area contributed by atoms with Crippen molar-refractivity contribution in [1.29, 1.82) is 0 Å². The fourth-order valence-corrected chi connectivity index (χ4v) is 3.65. The van der Waals surface area contributed by atoms with Gasteiger partial charge in [-0.2, -0.15) is 0 Å². The normalized spacial score (nSPS) is 14.6. The molecule has 2 heterocycles. The van der Waals surface area contributed by atoms with Crippen LogP contribution in [0.25, 0.3) is 5.69 Å². The van der Waals surface area contributed by atoms with Gasteiger partial charge in [0.15, 0.2) is 6.61 Å². The highest BCUT2D eigenvalue weighted by Crippen LogP contribution is 2.21. The first kappa shape index (κ1) is 19.9. The van der Waals surface area contributed by atoms with Crippen molar-refractivity contribution >= 4 is 17.7 Å². The van der Waals surface area contributed by atoms with E-state index in [0.29, 0.717) is 18.5 Å². The quantitative estimate of drug-likeness (QED) is 0.568. The Balaban J connectivity index is 1.62. The second-order valence-electron chi connectivity index (χ2n) is 7.17. The van der Waals surface area contributed by atoms with Crippen molar-refractivity contribution in [2.75, 3.05) is 19.7 Å². The van der Waals surface area contributed by atoms with E-state index in [-0.39, 0.29) is 24.8 Å². The molecule has 148 valence electrons. The number of ketones is 1. The second kappa shape index (κ2) is 8.87. The minimum Gasteiger partial charge on any atom is -0.456 e. The molecule has 28 heavy (non-hydrogen) atoms. The number of hydrogen-bond donors (Lipinski definition) is 0. The number of benzene rings is 1. The van der Waals surface area contributed by atoms with Gasteiger partial charge in [-0.3, -0.25) is 14.4 Å². The summed E-state index contributed by atoms with van der Waals surface area (Å²) in [6.07, 6.45) is 3.22. The molecule has 1 amide bonds. The number of likely N-dealkylation sites (tertiary alicyclic amines) is 1. The van der Waals surface area contributed by atoms with Gasteiger partial charge in [0.25, 0.3) is 0 Å². The second-order valence-corrected chi connectivity index (χ2v) is 7.17. The molecule has 1 aliphatic rings. The zero-order chi connectivity index (χ0) is 20.1. The number of amides is 1. The molecule has 0 atom stereocenters. The number of aryl methyl sites for hydroxylation is 1. The number of carbonyl (C=O) groups excluding carboxylic acids is 3. The van der Waals surface area contributed by atoms with Crippen LogP contribution in [-0.4, -0.2) is 46.8 Å². The Morgan fingerprint density at radius 2 is 1.82 bits per heavy atom. The first-order valence-electron chi connectivity index (χ1n) is 9.68. The van der Waals surface area contributed by atoms with Crippen LogP contribution in [0.1, 0.15) is 47.4 Å². The third-order valence-electron chi connectivity index (χ3n) is 5.10. The first-order valence-corrected chi connectivity index (χ1v) is 9.68. The van der Waals surface area contributed by atoms with E-state index >= 15 is 0 Å². The Morgan fingerprint density at radius 1 is 1.07 bits per heavy atom. The molecule has 0 spiro atoms. The molecular weight excluding hydrogens is 356 g/mol. The van der Waals surface area contributed by atoms with Crippen molar-refractivity contribution in [3.63, 3.8) is 0 Å². The van der Waals surface area contributed by atoms with E-state index in [4.69, 9.17) is 4.74 Å². The van der Waals surface area contributed by atoms with Crippen LogP contribution in [0, 0.1) is 13.8 Å². The van der Waals surface area contributed by atoms with Gasteiger partial charge in [-0.25, -0.2) is 0 Å². The molecular formula is C22H26N2O4. The van der Waals surface area contributed by atoms with E-state index in [0.717, 1.165) is 36.3 Å². The van der Waals surface area contributed by atoms with Gasteiger partial charge in [0.05, 0.1) is 0 Å². The lowest BCUT2D eigenvalue weighted by Gasteiger charge is -2.19. The van der Waals surface area contributed by atoms with Crippen molar-refractivity contribution < 1.29 is 19.1 Å². The summed E-state index contributed by atoms with van der Waals surface area (Å²) in [5.74, 6) is -0.807. The van der Waals surface area contributed by atoms with Crippen molar-refractivity contribution in [2.24, 2.45) is 0 Å². The van der Waals surface area contributed by atoms with Crippen LogP contribution in [-0.2, 0) is 14.3 Å². The number of para-hydroxylation sites is 1. The number of hydrogen-bond acceptors (Lipinski definition) is 4. The average Bonchev–Trinajstić information content (AvgIpc) is 2.84. The first-order chi connectivity index (χ1) is 13.5. The minimum absolute atomic E-state index is 0.0211. The van der Waals surface area contributed by atoms with Crippen LogP contribution in [0.2, 0.25) is 0 Å². The molecule has 0 bridgehead atoms. The summed E-state index contributed by atoms with van der Waals surface area (Å²) in [5, 5.41) is 0. The van der Waals surface area contributed by atoms with Gasteiger partial charge in [-0.1, -0.05) is 24.6 Å². The van der Waals surface area contributed by atoms with Gasteiger partial charge in [0.1, 0.15) is 6.54 Å². The summed E-state index contributed by atoms with van der Waals surface area (Å²) >= 11 is 0. The molecule has 3 rings (SSSR count). The summed E-state index contributed by atoms with van der Waals surface area (Å²) in [7, 11) is 0. The molecule has 1 saturated heterocycles. The molecule has 2 aromatic rings. The Bertz CT molecular complexity index is 870. The SMILES string of the molecule is Cc1cc(C(=O)COC(=O)CN2CCCCCC2=O)c(C)n1-c1ccccc1. The number of esters is 1. The molecule has 0 radical (unpaired) electrons. The third-order valence-corrected chi connectivity index (χ3v) is 5.10. The topological polar surface area (TPSA) is 68.6 Å². The maximum absolute atomic E-state index is 12.6. The number of carbonyl (C=O) groups is 3. The Morgan fingerprint density at radius 3 is 2.57 bits per heavy atom. The molecule has 1 fully saturated rings. The maximum Gasteiger partial charge on any atom is 0.326 e. The summed E-state index contributed by atoms with van der Waals surface area (Å²) in [6.45, 7) is 3.98. The van der Waals surface area contributed by atoms with Crippen molar-refractivity contribution in [3.8, 4) is 5.69 Å². The number of Topliss-reactive ketones (excluding diaryl/α,β-unsaturated/α-hetero) is 1. The lowest BCUT2D eigenvalue weighted by atomic mass is 10.1. The van der Waals surface area contributed by atoms with Crippen LogP contribution in [0.5, 0.6) is 0 Å². The Kier molecular flexibility index (Phi) is 6.29. The van der Waals surface area contributed by atoms with Crippen molar-refractivity contribution in [3.05, 3.63) is 53.3 Å². The molecule has 1 aromatic heterocycles. The van der Waals surface area contributed by atoms with Crippen LogP contribution < -0.4 is 0 Å². The van der Waals surface area contributed by atoms with Crippen LogP contribution >= 0.6 is 0 Å². The van der Waals surface area contributed by atoms with E-state index in [1.807, 2.05) is 54.8 Å². The lowest BCUT2D eigenvalue weighted by molar-refractivity contribution is -0.148. The summed E-state index contributed by atoms with van der Waals surface area (Å²) < 4.78 is 7.17. The smallest absolute Gasteiger partial charge is 0.326 e. The summed E-state index contributed by atoms with van der Waals surface area (Å²) in [6, 6.07) is 11.6. The molecule has 6 nitrogen and oxygen atoms in total. The van der Waals surface area contributed by atoms with E-state index in [1.54, 1.807) is 0 Å². The van der Waals surface area contributed by atoms with Crippen LogP contribution in [0.15, 0.2) is 36.4 Å². The monoisotopic (exact) mass is 382 g/mol. The van der Waals surface area contributed by atoms with E-state index in [2.05, 4.69) is 0 Å². The van der Waals surface area contributed by atoms with Gasteiger partial charge in [0.2, 0.25) is 11.7 Å². The standard InChI is InChI=1S/C22H26N2O4/c1-16-13-19(17(2)24(16)18-9-5-3-6-10-18)20(25)15-28-22(27)14-23-12-8-4-7-11-21(23)26/h3,5-6,9-10,13H,4,7-8,11-12,14-15H2,1-2H3. The highest BCUT2D eigenvalue weighted by molar-refractivity contribution is 5.99.